The molecule has 1 atom stereocenters. The number of piperazine rings is 1. The lowest BCUT2D eigenvalue weighted by Crippen LogP contribution is -2.56. The normalized spacial score (nSPS) is 20.4. The molecule has 1 aliphatic carbocycles. The molecule has 2 heterocycles. The van der Waals surface area contributed by atoms with Gasteiger partial charge in [-0.05, 0) is 62.6 Å². The molecule has 3 aliphatic rings. The largest absolute Gasteiger partial charge is 0.341 e. The zero-order valence-corrected chi connectivity index (χ0v) is 18.8. The molecule has 1 aromatic rings. The summed E-state index contributed by atoms with van der Waals surface area (Å²) in [7, 11) is 0. The first-order valence-electron chi connectivity index (χ1n) is 12.0. The Kier molecular flexibility index (Phi) is 7.06. The van der Waals surface area contributed by atoms with Crippen LogP contribution in [0.25, 0.3) is 0 Å². The molecule has 2 aliphatic heterocycles. The number of nitrogens with zero attached hydrogens (tertiary/aromatic N) is 3. The van der Waals surface area contributed by atoms with Crippen molar-refractivity contribution in [3.05, 3.63) is 34.9 Å². The van der Waals surface area contributed by atoms with Crippen LogP contribution >= 0.6 is 0 Å². The molecule has 6 nitrogen and oxygen atoms in total. The number of aryl methyl sites for hydroxylation is 2. The van der Waals surface area contributed by atoms with Crippen molar-refractivity contribution >= 4 is 17.6 Å². The first-order valence-corrected chi connectivity index (χ1v) is 12.0. The van der Waals surface area contributed by atoms with Gasteiger partial charge in [-0.3, -0.25) is 19.3 Å². The smallest absolute Gasteiger partial charge is 0.239 e. The van der Waals surface area contributed by atoms with Gasteiger partial charge in [0.05, 0.1) is 6.04 Å². The van der Waals surface area contributed by atoms with Crippen LogP contribution in [-0.2, 0) is 22.4 Å². The van der Waals surface area contributed by atoms with Gasteiger partial charge < -0.3 is 9.80 Å². The van der Waals surface area contributed by atoms with Crippen molar-refractivity contribution in [2.75, 3.05) is 39.3 Å². The highest BCUT2D eigenvalue weighted by atomic mass is 16.2. The average molecular weight is 426 g/mol. The summed E-state index contributed by atoms with van der Waals surface area (Å²) in [6, 6.07) is 5.88. The molecule has 0 spiro atoms. The van der Waals surface area contributed by atoms with E-state index in [9.17, 15) is 14.4 Å². The number of amides is 2. The summed E-state index contributed by atoms with van der Waals surface area (Å²) in [5.41, 5.74) is 3.39. The summed E-state index contributed by atoms with van der Waals surface area (Å²) < 4.78 is 0. The molecule has 31 heavy (non-hydrogen) atoms. The number of likely N-dealkylation sites (tertiary alicyclic amines) is 1. The average Bonchev–Trinajstić information content (AvgIpc) is 3.30. The third-order valence-corrected chi connectivity index (χ3v) is 7.23. The molecule has 0 N–H and O–H groups in total. The number of ketones is 1. The van der Waals surface area contributed by atoms with Crippen LogP contribution in [0.3, 0.4) is 0 Å². The quantitative estimate of drug-likeness (QED) is 0.658. The van der Waals surface area contributed by atoms with Crippen molar-refractivity contribution in [2.24, 2.45) is 0 Å². The van der Waals surface area contributed by atoms with Gasteiger partial charge in [0.15, 0.2) is 5.78 Å². The van der Waals surface area contributed by atoms with Gasteiger partial charge in [-0.15, -0.1) is 0 Å². The second kappa shape index (κ2) is 9.94. The molecule has 6 heteroatoms. The minimum atomic E-state index is -0.128. The Labute approximate surface area is 185 Å². The van der Waals surface area contributed by atoms with Crippen molar-refractivity contribution in [3.8, 4) is 0 Å². The fourth-order valence-corrected chi connectivity index (χ4v) is 5.16. The van der Waals surface area contributed by atoms with E-state index in [0.29, 0.717) is 26.2 Å². The van der Waals surface area contributed by atoms with E-state index < -0.39 is 0 Å². The van der Waals surface area contributed by atoms with Crippen molar-refractivity contribution in [1.82, 2.24) is 14.7 Å². The van der Waals surface area contributed by atoms with Gasteiger partial charge in [-0.25, -0.2) is 0 Å². The molecular formula is C25H35N3O3. The Morgan fingerprint density at radius 3 is 2.26 bits per heavy atom. The van der Waals surface area contributed by atoms with E-state index in [1.165, 1.54) is 24.0 Å². The fraction of sp³-hybridized carbons (Fsp3) is 0.640. The second-order valence-electron chi connectivity index (χ2n) is 9.24. The Balaban J connectivity index is 1.22. The summed E-state index contributed by atoms with van der Waals surface area (Å²) in [5, 5.41) is 0. The monoisotopic (exact) mass is 425 g/mol. The van der Waals surface area contributed by atoms with Crippen LogP contribution in [0.4, 0.5) is 0 Å². The van der Waals surface area contributed by atoms with Crippen molar-refractivity contribution < 1.29 is 14.4 Å². The van der Waals surface area contributed by atoms with Gasteiger partial charge in [0.1, 0.15) is 0 Å². The lowest BCUT2D eigenvalue weighted by Gasteiger charge is -2.39. The lowest BCUT2D eigenvalue weighted by atomic mass is 10.0. The number of hydrogen-bond acceptors (Lipinski definition) is 4. The van der Waals surface area contributed by atoms with Gasteiger partial charge in [-0.2, -0.15) is 0 Å². The van der Waals surface area contributed by atoms with Crippen LogP contribution in [0.15, 0.2) is 18.2 Å². The van der Waals surface area contributed by atoms with Crippen LogP contribution in [-0.4, -0.2) is 77.6 Å². The Morgan fingerprint density at radius 1 is 0.806 bits per heavy atom. The minimum absolute atomic E-state index is 0.0455. The van der Waals surface area contributed by atoms with Gasteiger partial charge in [0, 0.05) is 57.7 Å². The van der Waals surface area contributed by atoms with Crippen molar-refractivity contribution in [3.63, 3.8) is 0 Å². The SMILES string of the molecule is CC(C(=O)N1CCCCC1)N1CCN(C(=O)CCC(=O)c2ccc3c(c2)CCC3)CC1. The number of hydrogen-bond donors (Lipinski definition) is 0. The maximum Gasteiger partial charge on any atom is 0.239 e. The summed E-state index contributed by atoms with van der Waals surface area (Å²) in [5.74, 6) is 0.325. The Morgan fingerprint density at radius 2 is 1.52 bits per heavy atom. The van der Waals surface area contributed by atoms with E-state index in [1.54, 1.807) is 0 Å². The zero-order valence-electron chi connectivity index (χ0n) is 18.8. The molecule has 0 saturated carbocycles. The molecule has 0 bridgehead atoms. The molecule has 2 amide bonds. The number of benzene rings is 1. The predicted octanol–water partition coefficient (Wildman–Crippen LogP) is 2.68. The third kappa shape index (κ3) is 5.17. The van der Waals surface area contributed by atoms with Crippen LogP contribution in [0, 0.1) is 0 Å². The second-order valence-corrected chi connectivity index (χ2v) is 9.24. The Hall–Kier alpha value is -2.21. The number of fused-ring (bicyclic) bond motifs is 1. The topological polar surface area (TPSA) is 60.9 Å². The standard InChI is InChI=1S/C25H35N3O3/c1-19(25(31)28-12-3-2-4-13-28)26-14-16-27(17-15-26)24(30)11-10-23(29)22-9-8-20-6-5-7-21(20)18-22/h8-9,18-19H,2-7,10-17H2,1H3. The maximum absolute atomic E-state index is 12.8. The van der Waals surface area contributed by atoms with Gasteiger partial charge in [-0.1, -0.05) is 12.1 Å². The summed E-state index contributed by atoms with van der Waals surface area (Å²) >= 11 is 0. The summed E-state index contributed by atoms with van der Waals surface area (Å²) in [6.45, 7) is 6.42. The van der Waals surface area contributed by atoms with E-state index in [1.807, 2.05) is 28.9 Å². The van der Waals surface area contributed by atoms with Crippen molar-refractivity contribution in [2.45, 2.75) is 64.3 Å². The molecule has 1 unspecified atom stereocenters. The summed E-state index contributed by atoms with van der Waals surface area (Å²) in [6.07, 6.45) is 7.28. The van der Waals surface area contributed by atoms with Gasteiger partial charge in [0.2, 0.25) is 11.8 Å². The number of carbonyl (C=O) groups excluding carboxylic acids is 3. The van der Waals surface area contributed by atoms with E-state index >= 15 is 0 Å². The highest BCUT2D eigenvalue weighted by molar-refractivity contribution is 5.98. The highest BCUT2D eigenvalue weighted by Gasteiger charge is 2.30. The molecule has 4 rings (SSSR count). The lowest BCUT2D eigenvalue weighted by molar-refractivity contribution is -0.139. The highest BCUT2D eigenvalue weighted by Crippen LogP contribution is 2.23. The number of carbonyl (C=O) groups is 3. The fourth-order valence-electron chi connectivity index (χ4n) is 5.16. The first-order chi connectivity index (χ1) is 15.0. The molecule has 2 fully saturated rings. The van der Waals surface area contributed by atoms with Crippen LogP contribution in [0.5, 0.6) is 0 Å². The number of rotatable bonds is 6. The van der Waals surface area contributed by atoms with E-state index in [0.717, 1.165) is 44.3 Å². The van der Waals surface area contributed by atoms with E-state index in [4.69, 9.17) is 0 Å². The molecule has 168 valence electrons. The zero-order chi connectivity index (χ0) is 21.8. The molecule has 0 aromatic heterocycles. The van der Waals surface area contributed by atoms with Crippen LogP contribution in [0.1, 0.15) is 66.9 Å². The number of piperidine rings is 1. The summed E-state index contributed by atoms with van der Waals surface area (Å²) in [4.78, 5) is 44.0. The van der Waals surface area contributed by atoms with E-state index in [-0.39, 0.29) is 36.5 Å². The molecule has 1 aromatic carbocycles. The van der Waals surface area contributed by atoms with Crippen molar-refractivity contribution in [1.29, 1.82) is 0 Å². The first kappa shape index (κ1) is 22.0. The van der Waals surface area contributed by atoms with Crippen LogP contribution in [0.2, 0.25) is 0 Å². The van der Waals surface area contributed by atoms with E-state index in [2.05, 4.69) is 11.0 Å². The molecule has 0 radical (unpaired) electrons. The van der Waals surface area contributed by atoms with Crippen LogP contribution < -0.4 is 0 Å². The molecular weight excluding hydrogens is 390 g/mol. The predicted molar refractivity (Wildman–Crippen MR) is 120 cm³/mol. The van der Waals surface area contributed by atoms with Gasteiger partial charge in [0.25, 0.3) is 0 Å². The Bertz CT molecular complexity index is 823. The van der Waals surface area contributed by atoms with Gasteiger partial charge >= 0.3 is 0 Å². The minimum Gasteiger partial charge on any atom is -0.341 e. The molecule has 2 saturated heterocycles. The third-order valence-electron chi connectivity index (χ3n) is 7.23. The maximum atomic E-state index is 12.8. The number of Topliss-reactive ketones (excluding diaryl/α,β-unsaturated/α-hetero) is 1.